The molecule has 0 fully saturated rings. The van der Waals surface area contributed by atoms with E-state index in [2.05, 4.69) is 5.32 Å². The monoisotopic (exact) mass is 271 g/mol. The molecule has 1 N–H and O–H groups in total. The number of sulfone groups is 1. The maximum Gasteiger partial charge on any atom is 0.151 e. The van der Waals surface area contributed by atoms with Crippen molar-refractivity contribution < 1.29 is 13.2 Å². The summed E-state index contributed by atoms with van der Waals surface area (Å²) in [6, 6.07) is 7.67. The van der Waals surface area contributed by atoms with Crippen molar-refractivity contribution in [3.63, 3.8) is 0 Å². The number of hydrogen-bond acceptors (Lipinski definition) is 4. The van der Waals surface area contributed by atoms with Crippen molar-refractivity contribution in [2.45, 2.75) is 26.4 Å². The smallest absolute Gasteiger partial charge is 0.151 e. The van der Waals surface area contributed by atoms with Crippen LogP contribution in [-0.2, 0) is 16.4 Å². The molecule has 0 aliphatic rings. The second-order valence-corrected chi connectivity index (χ2v) is 6.73. The molecule has 4 nitrogen and oxygen atoms in total. The van der Waals surface area contributed by atoms with Crippen LogP contribution in [0.2, 0.25) is 0 Å². The Morgan fingerprint density at radius 3 is 2.72 bits per heavy atom. The van der Waals surface area contributed by atoms with E-state index in [0.29, 0.717) is 6.54 Å². The summed E-state index contributed by atoms with van der Waals surface area (Å²) in [5, 5.41) is 3.21. The molecule has 0 heterocycles. The van der Waals surface area contributed by atoms with E-state index in [9.17, 15) is 8.42 Å². The average Bonchev–Trinajstić information content (AvgIpc) is 2.36. The third-order valence-corrected chi connectivity index (χ3v) is 4.62. The lowest BCUT2D eigenvalue weighted by molar-refractivity contribution is 0.414. The zero-order valence-corrected chi connectivity index (χ0v) is 12.0. The van der Waals surface area contributed by atoms with Crippen molar-refractivity contribution in [1.29, 1.82) is 0 Å². The van der Waals surface area contributed by atoms with Gasteiger partial charge in [-0.2, -0.15) is 0 Å². The highest BCUT2D eigenvalue weighted by molar-refractivity contribution is 7.91. The largest absolute Gasteiger partial charge is 0.497 e. The third kappa shape index (κ3) is 5.06. The van der Waals surface area contributed by atoms with Gasteiger partial charge < -0.3 is 10.1 Å². The lowest BCUT2D eigenvalue weighted by atomic mass is 10.2. The summed E-state index contributed by atoms with van der Waals surface area (Å²) in [6.45, 7) is 4.19. The minimum Gasteiger partial charge on any atom is -0.497 e. The molecular formula is C13H21NO3S. The van der Waals surface area contributed by atoms with Crippen molar-refractivity contribution in [2.24, 2.45) is 0 Å². The summed E-state index contributed by atoms with van der Waals surface area (Å²) in [6.07, 6.45) is 0. The summed E-state index contributed by atoms with van der Waals surface area (Å²) < 4.78 is 28.1. The van der Waals surface area contributed by atoms with Gasteiger partial charge in [-0.3, -0.25) is 0 Å². The number of nitrogens with one attached hydrogen (secondary N) is 1. The van der Waals surface area contributed by atoms with E-state index in [-0.39, 0.29) is 17.5 Å². The highest BCUT2D eigenvalue weighted by Gasteiger charge is 2.12. The van der Waals surface area contributed by atoms with Gasteiger partial charge in [0.1, 0.15) is 5.75 Å². The van der Waals surface area contributed by atoms with Crippen LogP contribution in [0.1, 0.15) is 19.4 Å². The topological polar surface area (TPSA) is 55.4 Å². The van der Waals surface area contributed by atoms with E-state index in [1.807, 2.05) is 31.2 Å². The Morgan fingerprint density at radius 1 is 1.39 bits per heavy atom. The van der Waals surface area contributed by atoms with Crippen LogP contribution in [0.3, 0.4) is 0 Å². The Morgan fingerprint density at radius 2 is 2.11 bits per heavy atom. The molecule has 0 saturated heterocycles. The molecule has 1 atom stereocenters. The lowest BCUT2D eigenvalue weighted by Crippen LogP contribution is -2.33. The quantitative estimate of drug-likeness (QED) is 0.818. The number of rotatable bonds is 7. The fraction of sp³-hybridized carbons (Fsp3) is 0.538. The second-order valence-electron chi connectivity index (χ2n) is 4.33. The Hall–Kier alpha value is -1.07. The number of hydrogen-bond donors (Lipinski definition) is 1. The van der Waals surface area contributed by atoms with Gasteiger partial charge in [-0.15, -0.1) is 0 Å². The van der Waals surface area contributed by atoms with Crippen LogP contribution in [0, 0.1) is 0 Å². The van der Waals surface area contributed by atoms with E-state index in [1.54, 1.807) is 14.0 Å². The van der Waals surface area contributed by atoms with Gasteiger partial charge in [0.2, 0.25) is 0 Å². The molecule has 102 valence electrons. The summed E-state index contributed by atoms with van der Waals surface area (Å²) in [5.74, 6) is 1.18. The van der Waals surface area contributed by atoms with Gasteiger partial charge in [0, 0.05) is 18.3 Å². The summed E-state index contributed by atoms with van der Waals surface area (Å²) >= 11 is 0. The van der Waals surface area contributed by atoms with Crippen molar-refractivity contribution in [3.8, 4) is 5.75 Å². The summed E-state index contributed by atoms with van der Waals surface area (Å²) in [7, 11) is -1.30. The first kappa shape index (κ1) is 15.0. The molecule has 5 heteroatoms. The fourth-order valence-corrected chi connectivity index (χ4v) is 2.75. The molecule has 0 radical (unpaired) electrons. The van der Waals surface area contributed by atoms with Gasteiger partial charge in [-0.25, -0.2) is 8.42 Å². The van der Waals surface area contributed by atoms with Gasteiger partial charge in [0.15, 0.2) is 9.84 Å². The standard InChI is InChI=1S/C13H21NO3S/c1-4-18(15,16)10-11(2)14-9-12-6-5-7-13(8-12)17-3/h5-8,11,14H,4,9-10H2,1-3H3. The van der Waals surface area contributed by atoms with Crippen LogP contribution in [-0.4, -0.2) is 33.1 Å². The molecule has 0 bridgehead atoms. The Bertz CT molecular complexity index is 471. The van der Waals surface area contributed by atoms with Gasteiger partial charge in [-0.05, 0) is 24.6 Å². The van der Waals surface area contributed by atoms with E-state index >= 15 is 0 Å². The Balaban J connectivity index is 2.49. The van der Waals surface area contributed by atoms with Gasteiger partial charge in [-0.1, -0.05) is 19.1 Å². The number of ether oxygens (including phenoxy) is 1. The first-order chi connectivity index (χ1) is 8.46. The summed E-state index contributed by atoms with van der Waals surface area (Å²) in [5.41, 5.74) is 1.08. The average molecular weight is 271 g/mol. The molecule has 0 aromatic heterocycles. The fourth-order valence-electron chi connectivity index (χ4n) is 1.63. The molecule has 0 aliphatic heterocycles. The lowest BCUT2D eigenvalue weighted by Gasteiger charge is -2.14. The molecule has 0 amide bonds. The maximum atomic E-state index is 11.5. The Labute approximate surface area is 109 Å². The first-order valence-corrected chi connectivity index (χ1v) is 7.85. The molecule has 18 heavy (non-hydrogen) atoms. The van der Waals surface area contributed by atoms with Gasteiger partial charge in [0.05, 0.1) is 12.9 Å². The minimum atomic E-state index is -2.92. The van der Waals surface area contributed by atoms with Gasteiger partial charge in [0.25, 0.3) is 0 Å². The zero-order chi connectivity index (χ0) is 13.6. The molecule has 1 aromatic rings. The Kier molecular flexibility index (Phi) is 5.62. The van der Waals surface area contributed by atoms with Crippen LogP contribution in [0.5, 0.6) is 5.75 Å². The number of benzene rings is 1. The van der Waals surface area contributed by atoms with Crippen molar-refractivity contribution in [1.82, 2.24) is 5.32 Å². The molecular weight excluding hydrogens is 250 g/mol. The number of methoxy groups -OCH3 is 1. The van der Waals surface area contributed by atoms with Crippen molar-refractivity contribution >= 4 is 9.84 Å². The predicted molar refractivity (Wildman–Crippen MR) is 73.6 cm³/mol. The van der Waals surface area contributed by atoms with Crippen LogP contribution < -0.4 is 10.1 Å². The zero-order valence-electron chi connectivity index (χ0n) is 11.1. The molecule has 0 aliphatic carbocycles. The molecule has 0 saturated carbocycles. The van der Waals surface area contributed by atoms with Crippen molar-refractivity contribution in [2.75, 3.05) is 18.6 Å². The molecule has 1 rings (SSSR count). The third-order valence-electron chi connectivity index (χ3n) is 2.73. The van der Waals surface area contributed by atoms with E-state index < -0.39 is 9.84 Å². The maximum absolute atomic E-state index is 11.5. The van der Waals surface area contributed by atoms with Crippen molar-refractivity contribution in [3.05, 3.63) is 29.8 Å². The van der Waals surface area contributed by atoms with Crippen LogP contribution in [0.15, 0.2) is 24.3 Å². The molecule has 0 spiro atoms. The predicted octanol–water partition coefficient (Wildman–Crippen LogP) is 1.61. The first-order valence-electron chi connectivity index (χ1n) is 6.03. The normalized spacial score (nSPS) is 13.3. The highest BCUT2D eigenvalue weighted by Crippen LogP contribution is 2.12. The SMILES string of the molecule is CCS(=O)(=O)CC(C)NCc1cccc(OC)c1. The second kappa shape index (κ2) is 6.75. The van der Waals surface area contributed by atoms with E-state index in [0.717, 1.165) is 11.3 Å². The molecule has 1 aromatic carbocycles. The summed E-state index contributed by atoms with van der Waals surface area (Å²) in [4.78, 5) is 0. The van der Waals surface area contributed by atoms with Crippen LogP contribution >= 0.6 is 0 Å². The van der Waals surface area contributed by atoms with E-state index in [4.69, 9.17) is 4.74 Å². The van der Waals surface area contributed by atoms with E-state index in [1.165, 1.54) is 0 Å². The van der Waals surface area contributed by atoms with Crippen LogP contribution in [0.4, 0.5) is 0 Å². The highest BCUT2D eigenvalue weighted by atomic mass is 32.2. The minimum absolute atomic E-state index is 0.0545. The molecule has 1 unspecified atom stereocenters. The van der Waals surface area contributed by atoms with Gasteiger partial charge >= 0.3 is 0 Å². The van der Waals surface area contributed by atoms with Crippen LogP contribution in [0.25, 0.3) is 0 Å².